The maximum Gasteiger partial charge on any atom is 0.411 e. The van der Waals surface area contributed by atoms with Crippen LogP contribution in [-0.2, 0) is 11.3 Å². The molecule has 0 aliphatic rings. The lowest BCUT2D eigenvalue weighted by atomic mass is 10.2. The summed E-state index contributed by atoms with van der Waals surface area (Å²) in [4.78, 5) is 15.2. The number of aliphatic hydroxyl groups excluding tert-OH is 1. The third-order valence-corrected chi connectivity index (χ3v) is 2.31. The van der Waals surface area contributed by atoms with Gasteiger partial charge in [0.2, 0.25) is 0 Å². The molecule has 0 bridgehead atoms. The van der Waals surface area contributed by atoms with Crippen LogP contribution in [0.25, 0.3) is 0 Å². The third kappa shape index (κ3) is 4.07. The molecule has 0 aliphatic carbocycles. The Morgan fingerprint density at radius 2 is 2.37 bits per heavy atom. The zero-order valence-electron chi connectivity index (χ0n) is 10.2. The summed E-state index contributed by atoms with van der Waals surface area (Å²) < 4.78 is 6.40. The Morgan fingerprint density at radius 3 is 3.11 bits per heavy atom. The van der Waals surface area contributed by atoms with Gasteiger partial charge in [-0.05, 0) is 17.7 Å². The van der Waals surface area contributed by atoms with Crippen LogP contribution in [0.2, 0.25) is 0 Å². The first kappa shape index (κ1) is 13.0. The number of hydrogen-bond acceptors (Lipinski definition) is 5. The average molecular weight is 262 g/mol. The van der Waals surface area contributed by atoms with Gasteiger partial charge in [0.05, 0.1) is 13.2 Å². The van der Waals surface area contributed by atoms with Gasteiger partial charge in [-0.3, -0.25) is 5.32 Å². The number of carbonyl (C=O) groups excluding carboxylic acids is 1. The fourth-order valence-electron chi connectivity index (χ4n) is 1.54. The van der Waals surface area contributed by atoms with E-state index in [-0.39, 0.29) is 13.2 Å². The predicted octanol–water partition coefficient (Wildman–Crippen LogP) is 0.867. The summed E-state index contributed by atoms with van der Waals surface area (Å²) in [6.45, 7) is 0.353. The van der Waals surface area contributed by atoms with Gasteiger partial charge in [-0.2, -0.15) is 5.10 Å². The predicted molar refractivity (Wildman–Crippen MR) is 67.6 cm³/mol. The molecule has 100 valence electrons. The summed E-state index contributed by atoms with van der Waals surface area (Å²) in [5.74, 6) is 0. The van der Waals surface area contributed by atoms with Gasteiger partial charge in [0.25, 0.3) is 0 Å². The molecule has 19 heavy (non-hydrogen) atoms. The molecule has 1 aromatic heterocycles. The highest BCUT2D eigenvalue weighted by Crippen LogP contribution is 2.11. The second-order valence-corrected chi connectivity index (χ2v) is 3.78. The van der Waals surface area contributed by atoms with Gasteiger partial charge in [-0.1, -0.05) is 12.1 Å². The molecule has 1 aromatic carbocycles. The van der Waals surface area contributed by atoms with E-state index in [1.807, 2.05) is 18.2 Å². The molecule has 7 nitrogen and oxygen atoms in total. The lowest BCUT2D eigenvalue weighted by Gasteiger charge is -2.07. The maximum absolute atomic E-state index is 11.3. The van der Waals surface area contributed by atoms with Gasteiger partial charge < -0.3 is 9.84 Å². The number of amides is 1. The minimum Gasteiger partial charge on any atom is -0.447 e. The molecule has 0 unspecified atom stereocenters. The second kappa shape index (κ2) is 6.50. The van der Waals surface area contributed by atoms with E-state index in [1.54, 1.807) is 17.1 Å². The summed E-state index contributed by atoms with van der Waals surface area (Å²) in [6, 6.07) is 7.33. The highest BCUT2D eigenvalue weighted by Gasteiger charge is 2.03. The molecule has 2 aromatic rings. The number of carbonyl (C=O) groups is 1. The van der Waals surface area contributed by atoms with Crippen LogP contribution in [0.3, 0.4) is 0 Å². The minimum atomic E-state index is -0.591. The number of benzene rings is 1. The molecule has 0 fully saturated rings. The highest BCUT2D eigenvalue weighted by molar-refractivity contribution is 5.84. The van der Waals surface area contributed by atoms with Gasteiger partial charge in [0.1, 0.15) is 19.3 Å². The number of nitrogens with zero attached hydrogens (tertiary/aromatic N) is 3. The van der Waals surface area contributed by atoms with Gasteiger partial charge in [0, 0.05) is 5.69 Å². The number of rotatable bonds is 5. The van der Waals surface area contributed by atoms with Gasteiger partial charge in [0.15, 0.2) is 0 Å². The highest BCUT2D eigenvalue weighted by atomic mass is 16.6. The van der Waals surface area contributed by atoms with E-state index < -0.39 is 6.09 Å². The number of aliphatic hydroxyl groups is 1. The average Bonchev–Trinajstić information content (AvgIpc) is 2.89. The number of nitrogens with one attached hydrogen (secondary N) is 1. The Morgan fingerprint density at radius 1 is 1.47 bits per heavy atom. The SMILES string of the molecule is O=C(Nc1cccc(Cn2cncn2)c1)OCCO. The van der Waals surface area contributed by atoms with Crippen molar-refractivity contribution in [2.75, 3.05) is 18.5 Å². The van der Waals surface area contributed by atoms with E-state index in [2.05, 4.69) is 15.4 Å². The van der Waals surface area contributed by atoms with Crippen molar-refractivity contribution in [3.63, 3.8) is 0 Å². The van der Waals surface area contributed by atoms with Crippen LogP contribution < -0.4 is 5.32 Å². The van der Waals surface area contributed by atoms with Crippen molar-refractivity contribution < 1.29 is 14.6 Å². The van der Waals surface area contributed by atoms with Crippen LogP contribution in [0.5, 0.6) is 0 Å². The van der Waals surface area contributed by atoms with E-state index in [0.29, 0.717) is 12.2 Å². The minimum absolute atomic E-state index is 0.0233. The molecular weight excluding hydrogens is 248 g/mol. The Hall–Kier alpha value is -2.41. The zero-order chi connectivity index (χ0) is 13.5. The molecular formula is C12H14N4O3. The molecule has 0 saturated carbocycles. The van der Waals surface area contributed by atoms with Crippen molar-refractivity contribution in [3.05, 3.63) is 42.5 Å². The van der Waals surface area contributed by atoms with Crippen LogP contribution in [0, 0.1) is 0 Å². The third-order valence-electron chi connectivity index (χ3n) is 2.31. The number of ether oxygens (including phenoxy) is 1. The Balaban J connectivity index is 1.97. The van der Waals surface area contributed by atoms with Crippen LogP contribution >= 0.6 is 0 Å². The molecule has 2 N–H and O–H groups in total. The van der Waals surface area contributed by atoms with E-state index in [9.17, 15) is 4.79 Å². The maximum atomic E-state index is 11.3. The van der Waals surface area contributed by atoms with E-state index >= 15 is 0 Å². The molecule has 0 atom stereocenters. The lowest BCUT2D eigenvalue weighted by molar-refractivity contribution is 0.131. The number of aromatic nitrogens is 3. The largest absolute Gasteiger partial charge is 0.447 e. The normalized spacial score (nSPS) is 10.2. The first-order chi connectivity index (χ1) is 9.28. The van der Waals surface area contributed by atoms with Crippen LogP contribution in [0.1, 0.15) is 5.56 Å². The summed E-state index contributed by atoms with van der Waals surface area (Å²) in [7, 11) is 0. The van der Waals surface area contributed by atoms with Crippen molar-refractivity contribution in [2.45, 2.75) is 6.54 Å². The van der Waals surface area contributed by atoms with Crippen LogP contribution in [0.4, 0.5) is 10.5 Å². The van der Waals surface area contributed by atoms with Crippen molar-refractivity contribution in [1.29, 1.82) is 0 Å². The molecule has 1 amide bonds. The molecule has 0 spiro atoms. The summed E-state index contributed by atoms with van der Waals surface area (Å²) in [6.07, 6.45) is 2.50. The van der Waals surface area contributed by atoms with E-state index in [4.69, 9.17) is 9.84 Å². The van der Waals surface area contributed by atoms with Crippen molar-refractivity contribution in [3.8, 4) is 0 Å². The van der Waals surface area contributed by atoms with E-state index in [1.165, 1.54) is 6.33 Å². The fourth-order valence-corrected chi connectivity index (χ4v) is 1.54. The van der Waals surface area contributed by atoms with Gasteiger partial charge in [-0.15, -0.1) is 0 Å². The fraction of sp³-hybridized carbons (Fsp3) is 0.250. The summed E-state index contributed by atoms with van der Waals surface area (Å²) in [5, 5.41) is 15.1. The quantitative estimate of drug-likeness (QED) is 0.834. The number of hydrogen-bond donors (Lipinski definition) is 2. The second-order valence-electron chi connectivity index (χ2n) is 3.78. The van der Waals surface area contributed by atoms with Gasteiger partial charge in [-0.25, -0.2) is 14.5 Å². The molecule has 7 heteroatoms. The van der Waals surface area contributed by atoms with Crippen LogP contribution in [0.15, 0.2) is 36.9 Å². The molecule has 0 radical (unpaired) electrons. The first-order valence-corrected chi connectivity index (χ1v) is 5.74. The Kier molecular flexibility index (Phi) is 4.46. The molecule has 2 rings (SSSR count). The zero-order valence-corrected chi connectivity index (χ0v) is 10.2. The van der Waals surface area contributed by atoms with Crippen LogP contribution in [-0.4, -0.2) is 39.2 Å². The summed E-state index contributed by atoms with van der Waals surface area (Å²) >= 11 is 0. The molecule has 0 saturated heterocycles. The van der Waals surface area contributed by atoms with E-state index in [0.717, 1.165) is 5.56 Å². The smallest absolute Gasteiger partial charge is 0.411 e. The topological polar surface area (TPSA) is 89.3 Å². The van der Waals surface area contributed by atoms with Crippen molar-refractivity contribution in [2.24, 2.45) is 0 Å². The van der Waals surface area contributed by atoms with Crippen molar-refractivity contribution >= 4 is 11.8 Å². The Bertz CT molecular complexity index is 528. The standard InChI is InChI=1S/C12H14N4O3/c17-4-5-19-12(18)15-11-3-1-2-10(6-11)7-16-9-13-8-14-16/h1-3,6,8-9,17H,4-5,7H2,(H,15,18). The monoisotopic (exact) mass is 262 g/mol. The first-order valence-electron chi connectivity index (χ1n) is 5.74. The summed E-state index contributed by atoms with van der Waals surface area (Å²) in [5.41, 5.74) is 1.60. The Labute approximate surface area is 109 Å². The van der Waals surface area contributed by atoms with Gasteiger partial charge >= 0.3 is 6.09 Å². The molecule has 0 aliphatic heterocycles. The molecule has 1 heterocycles. The lowest BCUT2D eigenvalue weighted by Crippen LogP contribution is -2.15. The number of anilines is 1. The van der Waals surface area contributed by atoms with Crippen molar-refractivity contribution in [1.82, 2.24) is 14.8 Å².